The Hall–Kier alpha value is -11.0. The fraction of sp³-hybridized carbons (Fsp3) is 0.167. The van der Waals surface area contributed by atoms with Crippen molar-refractivity contribution in [2.75, 3.05) is 0 Å². The largest absolute Gasteiger partial charge is 0.309 e. The molecule has 96 heavy (non-hydrogen) atoms. The van der Waals surface area contributed by atoms with Crippen molar-refractivity contribution in [3.8, 4) is 84.6 Å². The summed E-state index contributed by atoms with van der Waals surface area (Å²) in [4.78, 5) is 17.0. The summed E-state index contributed by atoms with van der Waals surface area (Å²) >= 11 is 0. The summed E-state index contributed by atoms with van der Waals surface area (Å²) < 4.78 is 7.38. The monoisotopic (exact) mass is 1240 g/mol. The van der Waals surface area contributed by atoms with Gasteiger partial charge in [-0.15, -0.1) is 0 Å². The second-order valence-corrected chi connectivity index (χ2v) is 27.3. The predicted octanol–water partition coefficient (Wildman–Crippen LogP) is 23.4. The number of rotatable bonds is 12. The van der Waals surface area contributed by atoms with Crippen molar-refractivity contribution < 1.29 is 0 Å². The Bertz CT molecular complexity index is 5200. The Kier molecular flexibility index (Phi) is 12.4. The van der Waals surface area contributed by atoms with Gasteiger partial charge in [0.05, 0.1) is 33.1 Å². The molecular formula is C90H72N6. The molecule has 0 saturated carbocycles. The third-order valence-corrected chi connectivity index (χ3v) is 23.6. The molecule has 0 aliphatic heterocycles. The van der Waals surface area contributed by atoms with E-state index in [0.29, 0.717) is 17.5 Å². The minimum absolute atomic E-state index is 0.242. The summed E-state index contributed by atoms with van der Waals surface area (Å²) in [6.07, 6.45) is 5.67. The average molecular weight is 1240 g/mol. The van der Waals surface area contributed by atoms with Crippen molar-refractivity contribution in [2.45, 2.75) is 96.3 Å². The SMILES string of the molecule is CCC1(CC)c2cc(-c3nc(-c4ccc5c(c4)C(CC)(CC)c4cc(-n6c7ccccc7c7ccccc76)ccc4-5)nc(-c4ccc5c(c4)C(CC)(CC)c4cc(-n6c7ccccc7c7ccccc76)ccc4-5)n3)ccc2-c2ccc(-n3c4ccccc4c4ccccc43)cc21. The summed E-state index contributed by atoms with van der Waals surface area (Å²) in [5.74, 6) is 2.03. The van der Waals surface area contributed by atoms with Gasteiger partial charge in [0.1, 0.15) is 0 Å². The Balaban J connectivity index is 0.768. The summed E-state index contributed by atoms with van der Waals surface area (Å²) in [6, 6.07) is 95.8. The number of nitrogens with zero attached hydrogens (tertiary/aromatic N) is 6. The second kappa shape index (κ2) is 21.0. The molecule has 4 aromatic heterocycles. The molecule has 0 spiro atoms. The van der Waals surface area contributed by atoms with Crippen LogP contribution in [0.25, 0.3) is 150 Å². The standard InChI is InChI=1S/C90H72N6/c1-7-88(8-2)73-49-55(37-43-61(73)64-46-40-58(52-76(64)88)94-79-31-19-13-25-67(79)68-26-14-20-32-80(68)94)85-91-86(56-38-44-62-65-47-41-59(53-77(65)89(9-3,10-4)74(62)50-56)95-81-33-21-15-27-69(81)70-28-16-22-34-82(70)95)93-87(92-85)57-39-45-63-66-48-42-60(54-78(66)90(11-5,12-6)75(63)51-57)96-83-35-23-17-29-71(83)72-30-18-24-36-84(72)96/h13-54H,7-12H2,1-6H3. The van der Waals surface area contributed by atoms with E-state index < -0.39 is 0 Å². The van der Waals surface area contributed by atoms with E-state index in [2.05, 4.69) is 310 Å². The number of aromatic nitrogens is 6. The first-order valence-electron chi connectivity index (χ1n) is 34.9. The van der Waals surface area contributed by atoms with Crippen molar-refractivity contribution >= 4 is 65.4 Å². The van der Waals surface area contributed by atoms with Crippen molar-refractivity contribution in [1.29, 1.82) is 0 Å². The van der Waals surface area contributed by atoms with E-state index in [-0.39, 0.29) is 16.2 Å². The van der Waals surface area contributed by atoms with Crippen molar-refractivity contribution in [3.05, 3.63) is 288 Å². The number of fused-ring (bicyclic) bond motifs is 18. The van der Waals surface area contributed by atoms with Crippen molar-refractivity contribution in [2.24, 2.45) is 0 Å². The van der Waals surface area contributed by atoms with Gasteiger partial charge in [0.2, 0.25) is 0 Å². The quantitative estimate of drug-likeness (QED) is 0.122. The van der Waals surface area contributed by atoms with E-state index in [9.17, 15) is 0 Å². The highest BCUT2D eigenvalue weighted by atomic mass is 15.0. The van der Waals surface area contributed by atoms with E-state index in [1.165, 1.54) is 149 Å². The van der Waals surface area contributed by atoms with Gasteiger partial charge in [-0.25, -0.2) is 15.0 Å². The molecule has 19 rings (SSSR count). The maximum absolute atomic E-state index is 5.67. The van der Waals surface area contributed by atoms with E-state index in [4.69, 9.17) is 15.0 Å². The third kappa shape index (κ3) is 7.61. The van der Waals surface area contributed by atoms with Crippen LogP contribution in [-0.2, 0) is 16.2 Å². The lowest BCUT2D eigenvalue weighted by Crippen LogP contribution is -2.23. The lowest BCUT2D eigenvalue weighted by atomic mass is 9.73. The van der Waals surface area contributed by atoms with Gasteiger partial charge >= 0.3 is 0 Å². The molecule has 0 unspecified atom stereocenters. The molecule has 0 radical (unpaired) electrons. The van der Waals surface area contributed by atoms with E-state index in [1.54, 1.807) is 0 Å². The van der Waals surface area contributed by atoms with Gasteiger partial charge in [0.15, 0.2) is 17.5 Å². The van der Waals surface area contributed by atoms with Crippen LogP contribution in [0.2, 0.25) is 0 Å². The summed E-state index contributed by atoms with van der Waals surface area (Å²) in [5.41, 5.74) is 29.0. The average Bonchev–Trinajstić information content (AvgIpc) is 1.58. The summed E-state index contributed by atoms with van der Waals surface area (Å²) in [6.45, 7) is 14.2. The van der Waals surface area contributed by atoms with Crippen LogP contribution in [0, 0.1) is 0 Å². The molecule has 0 N–H and O–H groups in total. The molecule has 6 heteroatoms. The van der Waals surface area contributed by atoms with Crippen LogP contribution in [0.15, 0.2) is 255 Å². The molecule has 16 aromatic rings. The van der Waals surface area contributed by atoms with Crippen LogP contribution in [0.4, 0.5) is 0 Å². The zero-order valence-corrected chi connectivity index (χ0v) is 55.2. The van der Waals surface area contributed by atoms with Gasteiger partial charge in [-0.3, -0.25) is 0 Å². The number of hydrogen-bond acceptors (Lipinski definition) is 3. The van der Waals surface area contributed by atoms with Crippen LogP contribution >= 0.6 is 0 Å². The first-order chi connectivity index (χ1) is 47.2. The Morgan fingerprint density at radius 1 is 0.229 bits per heavy atom. The van der Waals surface area contributed by atoms with E-state index >= 15 is 0 Å². The third-order valence-electron chi connectivity index (χ3n) is 23.6. The number of hydrogen-bond donors (Lipinski definition) is 0. The van der Waals surface area contributed by atoms with Crippen LogP contribution in [0.1, 0.15) is 113 Å². The fourth-order valence-corrected chi connectivity index (χ4v) is 18.7. The molecular weight excluding hydrogens is 1170 g/mol. The Labute approximate surface area is 559 Å². The van der Waals surface area contributed by atoms with Gasteiger partial charge in [0, 0.05) is 82.3 Å². The molecule has 462 valence electrons. The fourth-order valence-electron chi connectivity index (χ4n) is 18.7. The minimum atomic E-state index is -0.242. The molecule has 0 fully saturated rings. The van der Waals surface area contributed by atoms with Gasteiger partial charge in [-0.2, -0.15) is 0 Å². The molecule has 0 amide bonds. The number of benzene rings is 12. The predicted molar refractivity (Wildman–Crippen MR) is 400 cm³/mol. The molecule has 4 heterocycles. The Morgan fingerprint density at radius 3 is 0.646 bits per heavy atom. The van der Waals surface area contributed by atoms with Crippen molar-refractivity contribution in [1.82, 2.24) is 28.7 Å². The first kappa shape index (κ1) is 56.6. The highest BCUT2D eigenvalue weighted by Gasteiger charge is 2.45. The van der Waals surface area contributed by atoms with Crippen LogP contribution < -0.4 is 0 Å². The van der Waals surface area contributed by atoms with Crippen LogP contribution in [0.3, 0.4) is 0 Å². The molecule has 12 aromatic carbocycles. The zero-order chi connectivity index (χ0) is 64.3. The van der Waals surface area contributed by atoms with Gasteiger partial charge in [-0.1, -0.05) is 205 Å². The summed E-state index contributed by atoms with van der Waals surface area (Å²) in [7, 11) is 0. The van der Waals surface area contributed by atoms with Gasteiger partial charge < -0.3 is 13.7 Å². The smallest absolute Gasteiger partial charge is 0.164 e. The second-order valence-electron chi connectivity index (χ2n) is 27.3. The molecule has 0 saturated heterocycles. The molecule has 3 aliphatic carbocycles. The topological polar surface area (TPSA) is 53.5 Å². The lowest BCUT2D eigenvalue weighted by molar-refractivity contribution is 0.490. The number of para-hydroxylation sites is 6. The normalized spacial score (nSPS) is 14.4. The van der Waals surface area contributed by atoms with Gasteiger partial charge in [-0.05, 0) is 196 Å². The Morgan fingerprint density at radius 2 is 0.427 bits per heavy atom. The lowest BCUT2D eigenvalue weighted by Gasteiger charge is -2.30. The van der Waals surface area contributed by atoms with Crippen LogP contribution in [-0.4, -0.2) is 28.7 Å². The highest BCUT2D eigenvalue weighted by molar-refractivity contribution is 6.11. The maximum atomic E-state index is 5.67. The molecule has 0 bridgehead atoms. The van der Waals surface area contributed by atoms with Crippen LogP contribution in [0.5, 0.6) is 0 Å². The minimum Gasteiger partial charge on any atom is -0.309 e. The first-order valence-corrected chi connectivity index (χ1v) is 34.9. The van der Waals surface area contributed by atoms with Crippen molar-refractivity contribution in [3.63, 3.8) is 0 Å². The maximum Gasteiger partial charge on any atom is 0.164 e. The molecule has 6 nitrogen and oxygen atoms in total. The zero-order valence-electron chi connectivity index (χ0n) is 55.2. The molecule has 3 aliphatic rings. The summed E-state index contributed by atoms with van der Waals surface area (Å²) in [5, 5.41) is 7.61. The highest BCUT2D eigenvalue weighted by Crippen LogP contribution is 2.58. The van der Waals surface area contributed by atoms with Gasteiger partial charge in [0.25, 0.3) is 0 Å². The van der Waals surface area contributed by atoms with E-state index in [1.807, 2.05) is 0 Å². The van der Waals surface area contributed by atoms with E-state index in [0.717, 1.165) is 55.2 Å². The molecule has 0 atom stereocenters.